The van der Waals surface area contributed by atoms with Gasteiger partial charge in [0.15, 0.2) is 0 Å². The quantitative estimate of drug-likeness (QED) is 0.493. The van der Waals surface area contributed by atoms with Crippen molar-refractivity contribution < 1.29 is 20.9 Å². The van der Waals surface area contributed by atoms with Gasteiger partial charge in [0.1, 0.15) is 0 Å². The predicted octanol–water partition coefficient (Wildman–Crippen LogP) is 6.32. The normalized spacial score (nSPS) is 25.6. The van der Waals surface area contributed by atoms with E-state index in [0.29, 0.717) is 8.54 Å². The van der Waals surface area contributed by atoms with E-state index in [-0.39, 0.29) is 0 Å². The summed E-state index contributed by atoms with van der Waals surface area (Å²) < 4.78 is 2.32. The first-order valence-electron chi connectivity index (χ1n) is 8.65. The molecule has 2 heteroatoms. The van der Waals surface area contributed by atoms with Gasteiger partial charge in [0.05, 0.1) is 0 Å². The van der Waals surface area contributed by atoms with Crippen LogP contribution in [0.1, 0.15) is 54.9 Å². The summed E-state index contributed by atoms with van der Waals surface area (Å²) in [6.07, 6.45) is 9.04. The molecule has 2 aliphatic carbocycles. The van der Waals surface area contributed by atoms with Crippen LogP contribution in [0.3, 0.4) is 0 Å². The van der Waals surface area contributed by atoms with Crippen LogP contribution in [0.5, 0.6) is 0 Å². The van der Waals surface area contributed by atoms with E-state index in [1.54, 1.807) is 16.7 Å². The van der Waals surface area contributed by atoms with Gasteiger partial charge in [-0.05, 0) is 0 Å². The van der Waals surface area contributed by atoms with E-state index in [9.17, 15) is 0 Å². The molecule has 1 unspecified atom stereocenters. The summed E-state index contributed by atoms with van der Waals surface area (Å²) in [5.41, 5.74) is 6.67. The average molecular weight is 393 g/mol. The summed E-state index contributed by atoms with van der Waals surface area (Å²) in [5, 5.41) is 0. The molecular weight excluding hydrogens is 360 g/mol. The van der Waals surface area contributed by atoms with E-state index in [0.717, 1.165) is 0 Å². The second-order valence-electron chi connectivity index (χ2n) is 8.63. The summed E-state index contributed by atoms with van der Waals surface area (Å²) in [6.45, 7) is 21.9. The first-order valence-corrected chi connectivity index (χ1v) is 18.3. The zero-order valence-electron chi connectivity index (χ0n) is 16.0. The topological polar surface area (TPSA) is 0 Å². The summed E-state index contributed by atoms with van der Waals surface area (Å²) in [7, 11) is 0. The standard InChI is InChI=1S/2C9H13.C2H7Si.Zr/c1-6-5-7(2)9(4)8(6)3;1-9(2,3)8-6-4-5-7-8;1-3-2;/h5H,1-4H3;6-7H,4H2,1-3H3;3H,1-2H3;. The van der Waals surface area contributed by atoms with Gasteiger partial charge in [0.25, 0.3) is 0 Å². The Morgan fingerprint density at radius 2 is 1.73 bits per heavy atom. The van der Waals surface area contributed by atoms with Gasteiger partial charge in [-0.25, -0.2) is 0 Å². The maximum atomic E-state index is 2.65. The molecule has 0 fully saturated rings. The van der Waals surface area contributed by atoms with Gasteiger partial charge in [0.2, 0.25) is 0 Å². The van der Waals surface area contributed by atoms with Crippen molar-refractivity contribution in [1.82, 2.24) is 0 Å². The molecule has 0 aliphatic heterocycles. The number of hydrogen-bond donors (Lipinski definition) is 0. The summed E-state index contributed by atoms with van der Waals surface area (Å²) in [5.74, 6) is -0.617. The molecule has 0 nitrogen and oxygen atoms in total. The average Bonchev–Trinajstić information content (AvgIpc) is 2.91. The van der Waals surface area contributed by atoms with Crippen molar-refractivity contribution in [2.75, 3.05) is 0 Å². The Bertz CT molecular complexity index is 596. The van der Waals surface area contributed by atoms with Gasteiger partial charge in [-0.15, -0.1) is 0 Å². The molecule has 2 rings (SSSR count). The van der Waals surface area contributed by atoms with Crippen LogP contribution in [0.25, 0.3) is 0 Å². The summed E-state index contributed by atoms with van der Waals surface area (Å²) in [4.78, 5) is 0. The maximum absolute atomic E-state index is 2.65. The number of allylic oxidation sites excluding steroid dienone is 8. The van der Waals surface area contributed by atoms with Crippen molar-refractivity contribution in [3.05, 3.63) is 43.8 Å². The molecule has 0 aromatic rings. The molecule has 1 atom stereocenters. The van der Waals surface area contributed by atoms with Crippen molar-refractivity contribution in [2.45, 2.75) is 71.1 Å². The first kappa shape index (κ1) is 18.4. The number of rotatable bonds is 3. The van der Waals surface area contributed by atoms with Crippen LogP contribution < -0.4 is 0 Å². The van der Waals surface area contributed by atoms with Crippen LogP contribution in [0.2, 0.25) is 16.2 Å². The van der Waals surface area contributed by atoms with E-state index in [1.165, 1.54) is 12.0 Å². The second kappa shape index (κ2) is 6.17. The molecule has 0 amide bonds. The minimum absolute atomic E-state index is 0.303. The van der Waals surface area contributed by atoms with Gasteiger partial charge >= 0.3 is 147 Å². The Balaban J connectivity index is 2.44. The molecule has 0 aromatic carbocycles. The molecule has 0 radical (unpaired) electrons. The van der Waals surface area contributed by atoms with Gasteiger partial charge in [-0.2, -0.15) is 0 Å². The van der Waals surface area contributed by atoms with Crippen LogP contribution in [0.4, 0.5) is 0 Å². The van der Waals surface area contributed by atoms with Crippen LogP contribution in [0.15, 0.2) is 43.8 Å². The van der Waals surface area contributed by atoms with Crippen LogP contribution >= 0.6 is 0 Å². The Kier molecular flexibility index (Phi) is 5.16. The third kappa shape index (κ3) is 3.16. The fourth-order valence-corrected chi connectivity index (χ4v) is 28.9. The second-order valence-corrected chi connectivity index (χ2v) is 29.0. The Hall–Kier alpha value is 0.0600. The third-order valence-electron chi connectivity index (χ3n) is 5.66. The third-order valence-corrected chi connectivity index (χ3v) is 27.7. The van der Waals surface area contributed by atoms with Crippen LogP contribution in [-0.2, 0) is 20.9 Å². The van der Waals surface area contributed by atoms with Crippen molar-refractivity contribution >= 4 is 5.92 Å². The fraction of sp³-hybridized carbons (Fsp3) is 0.600. The van der Waals surface area contributed by atoms with Crippen molar-refractivity contribution in [3.63, 3.8) is 0 Å². The molecule has 0 saturated heterocycles. The van der Waals surface area contributed by atoms with Gasteiger partial charge < -0.3 is 0 Å². The van der Waals surface area contributed by atoms with E-state index >= 15 is 0 Å². The summed E-state index contributed by atoms with van der Waals surface area (Å²) in [6, 6.07) is 0. The molecular formula is C20H33SiZr. The zero-order chi connectivity index (χ0) is 16.9. The van der Waals surface area contributed by atoms with E-state index < -0.39 is 26.8 Å². The van der Waals surface area contributed by atoms with E-state index in [1.807, 2.05) is 3.28 Å². The number of hydrogen-bond acceptors (Lipinski definition) is 0. The summed E-state index contributed by atoms with van der Waals surface area (Å²) >= 11 is -1.66. The molecule has 22 heavy (non-hydrogen) atoms. The van der Waals surface area contributed by atoms with Crippen molar-refractivity contribution in [1.29, 1.82) is 0 Å². The minimum atomic E-state index is -1.66. The van der Waals surface area contributed by atoms with E-state index in [4.69, 9.17) is 0 Å². The Morgan fingerprint density at radius 1 is 1.14 bits per heavy atom. The predicted molar refractivity (Wildman–Crippen MR) is 99.6 cm³/mol. The molecule has 0 heterocycles. The van der Waals surface area contributed by atoms with Crippen LogP contribution in [-0.4, -0.2) is 5.92 Å². The molecule has 0 N–H and O–H groups in total. The van der Waals surface area contributed by atoms with Gasteiger partial charge in [0, 0.05) is 0 Å². The monoisotopic (exact) mass is 391 g/mol. The van der Waals surface area contributed by atoms with E-state index in [2.05, 4.69) is 79.8 Å². The fourth-order valence-electron chi connectivity index (χ4n) is 4.15. The molecule has 0 spiro atoms. The van der Waals surface area contributed by atoms with Crippen molar-refractivity contribution in [3.8, 4) is 0 Å². The first-order chi connectivity index (χ1) is 9.98. The SMILES string of the molecule is CC1=C[C](C)([Zr]([C]2=CC(C(C)(C)C)=CC2)[SiH](C)C)C(C)=C1C. The zero-order valence-corrected chi connectivity index (χ0v) is 19.6. The van der Waals surface area contributed by atoms with Gasteiger partial charge in [-0.1, -0.05) is 0 Å². The Morgan fingerprint density at radius 3 is 2.09 bits per heavy atom. The Labute approximate surface area is 146 Å². The molecule has 0 saturated carbocycles. The molecule has 0 aromatic heterocycles. The molecule has 121 valence electrons. The molecule has 2 aliphatic rings. The van der Waals surface area contributed by atoms with Crippen molar-refractivity contribution in [2.24, 2.45) is 5.41 Å². The molecule has 0 bridgehead atoms. The van der Waals surface area contributed by atoms with Crippen LogP contribution in [0, 0.1) is 5.41 Å². The van der Waals surface area contributed by atoms with Gasteiger partial charge in [-0.3, -0.25) is 0 Å².